The van der Waals surface area contributed by atoms with Crippen LogP contribution in [-0.4, -0.2) is 319 Å². The number of hydrogen-bond donors (Lipinski definition) is 21. The highest BCUT2D eigenvalue weighted by molar-refractivity contribution is 8.00. The van der Waals surface area contributed by atoms with Crippen molar-refractivity contribution in [1.29, 1.82) is 5.41 Å². The Balaban J connectivity index is 1.18. The van der Waals surface area contributed by atoms with Crippen molar-refractivity contribution in [2.24, 2.45) is 22.9 Å². The lowest BCUT2D eigenvalue weighted by Gasteiger charge is -2.36. The van der Waals surface area contributed by atoms with Gasteiger partial charge in [0.1, 0.15) is 90.3 Å². The summed E-state index contributed by atoms with van der Waals surface area (Å²) in [7, 11) is 3.86. The van der Waals surface area contributed by atoms with E-state index in [0.29, 0.717) is 64.2 Å². The van der Waals surface area contributed by atoms with Gasteiger partial charge in [0.25, 0.3) is 0 Å². The first-order valence-electron chi connectivity index (χ1n) is 43.9. The number of aromatic hydroxyl groups is 1. The summed E-state index contributed by atoms with van der Waals surface area (Å²) in [4.78, 5) is 272. The molecule has 3 aromatic carbocycles. The third kappa shape index (κ3) is 29.0. The third-order valence-electron chi connectivity index (χ3n) is 23.5. The highest BCUT2D eigenvalue weighted by atomic mass is 32.2. The second kappa shape index (κ2) is 50.1. The molecule has 718 valence electrons. The van der Waals surface area contributed by atoms with Crippen LogP contribution in [0.1, 0.15) is 134 Å². The van der Waals surface area contributed by atoms with E-state index in [4.69, 9.17) is 28.3 Å². The molecule has 0 bridgehead atoms. The maximum Gasteiger partial charge on any atom is 0.303 e. The molecule has 3 aliphatic rings. The Morgan fingerprint density at radius 1 is 0.508 bits per heavy atom. The average molecular weight is 1860 g/mol. The number of fused-ring (bicyclic) bond motifs is 4. The summed E-state index contributed by atoms with van der Waals surface area (Å²) in [6.07, 6.45) is 1.74. The van der Waals surface area contributed by atoms with E-state index in [-0.39, 0.29) is 96.0 Å². The van der Waals surface area contributed by atoms with Gasteiger partial charge in [-0.3, -0.25) is 91.7 Å². The number of primary amides is 2. The SMILES string of the molecule is CCCC[C@H]1C(=O)N(C)[C@@H](CCCC)C(=O)N[C@@H](CCCNC(=N)N)C(=O)N[C@H](C(=O)NCC(N)=O)CSCC(=O)N[C@@H](Cc2ccc(O)cc2)C(=O)N(C)[C@@H](C)C(=O)N[C@@H](CC(N)=O)C(=O)N2CCC[C@H]2C(=O)N[C@@H](CN)C(=O)N[C@@H](CCC(=O)O)C(=O)N2CCC[C@H]2C(=O)N[C@@H](Cc2c[nH]c3ccccc23)C(=O)N[C@@H](CO)C(=O)N[C@@H](Cc2c[nH]c3ccccc23)C(=O)N1C. The lowest BCUT2D eigenvalue weighted by Crippen LogP contribution is -2.62. The monoisotopic (exact) mass is 1860 g/mol. The number of thioether (sulfide) groups is 1. The molecule has 25 N–H and O–H groups in total. The number of nitrogens with zero attached hydrogens (tertiary/aromatic N) is 5. The highest BCUT2D eigenvalue weighted by Gasteiger charge is 2.45. The van der Waals surface area contributed by atoms with Crippen molar-refractivity contribution in [2.75, 3.05) is 72.0 Å². The number of carbonyl (C=O) groups is 18. The van der Waals surface area contributed by atoms with Crippen molar-refractivity contribution in [3.05, 3.63) is 102 Å². The third-order valence-corrected chi connectivity index (χ3v) is 24.5. The molecular weight excluding hydrogens is 1740 g/mol. The quantitative estimate of drug-likeness (QED) is 0.0142. The molecule has 8 rings (SSSR count). The van der Waals surface area contributed by atoms with Crippen LogP contribution in [0.15, 0.2) is 85.2 Å². The predicted octanol–water partition coefficient (Wildman–Crippen LogP) is -4.09. The number of amides is 17. The number of aliphatic carboxylic acids is 1. The van der Waals surface area contributed by atoms with Gasteiger partial charge in [0.05, 0.1) is 25.3 Å². The van der Waals surface area contributed by atoms with Gasteiger partial charge in [0.15, 0.2) is 5.96 Å². The highest BCUT2D eigenvalue weighted by Crippen LogP contribution is 2.27. The number of rotatable bonds is 26. The fourth-order valence-corrected chi connectivity index (χ4v) is 16.9. The van der Waals surface area contributed by atoms with Crippen LogP contribution < -0.4 is 81.4 Å². The number of nitrogens with one attached hydrogen (secondary N) is 14. The second-order valence-corrected chi connectivity index (χ2v) is 34.1. The van der Waals surface area contributed by atoms with Crippen molar-refractivity contribution in [1.82, 2.24) is 93.0 Å². The van der Waals surface area contributed by atoms with Crippen LogP contribution in [0.5, 0.6) is 5.75 Å². The minimum Gasteiger partial charge on any atom is -0.508 e. The molecule has 0 radical (unpaired) electrons. The van der Waals surface area contributed by atoms with Crippen LogP contribution in [-0.2, 0) is 106 Å². The fourth-order valence-electron chi connectivity index (χ4n) is 16.0. The minimum atomic E-state index is -1.89. The average Bonchev–Trinajstić information content (AvgIpc) is 1.67. The first-order chi connectivity index (χ1) is 62.9. The molecule has 0 unspecified atom stereocenters. The smallest absolute Gasteiger partial charge is 0.303 e. The number of benzene rings is 3. The molecule has 44 nitrogen and oxygen atoms in total. The van der Waals surface area contributed by atoms with Crippen molar-refractivity contribution in [2.45, 2.75) is 221 Å². The second-order valence-electron chi connectivity index (χ2n) is 33.0. The number of unbranched alkanes of at least 4 members (excludes halogenated alkanes) is 2. The Bertz CT molecular complexity index is 4990. The molecule has 3 saturated heterocycles. The lowest BCUT2D eigenvalue weighted by molar-refractivity contribution is -0.149. The van der Waals surface area contributed by atoms with Gasteiger partial charge in [-0.25, -0.2) is 0 Å². The standard InChI is InChI=1S/C87H123N23O21S/c1-7-9-23-65-79(124)98-56(22-15-33-93-87(91)92)75(120)105-64(74(119)96-43-70(90)114)45-132-46-71(115)97-59(36-48-27-29-51(112)30-28-48)82(127)106(4)47(3)73(118)101-61(39-69(89)113)85(130)110-35-17-26-67(110)81(126)103-62(40-88)77(122)99-57(31-32-72(116)117)84(129)109-34-16-25-66(109)80(125)100-58(37-49-41-94-54-20-13-11-18-52(49)54)76(121)104-63(44-111)78(123)102-60(38-50-42-95-55-21-14-12-19-53(50)55)83(128)108(6)68(24-10-8-2)86(131)107(65)5/h11-14,18-21,27-30,41-42,47,56-68,94-95,111-112H,7-10,15-17,22-26,31-40,43-46,88H2,1-6H3,(H2,89,113)(H2,90,114)(H,96,119)(H,97,115)(H,98,124)(H,99,122)(H,100,125)(H,101,118)(H,102,123)(H,103,126)(H,104,121)(H,105,120)(H,116,117)(H4,91,92,93)/t47-,56-,57-,58-,59-,60-,61-,62-,63-,64-,65-,66-,67-,68-/m0/s1. The fraction of sp³-hybridized carbons (Fsp3) is 0.529. The number of hydrogen-bond acceptors (Lipinski definition) is 23. The molecule has 0 saturated carbocycles. The van der Waals surface area contributed by atoms with Gasteiger partial charge in [-0.2, -0.15) is 0 Å². The number of carboxylic acids is 1. The van der Waals surface area contributed by atoms with E-state index in [1.54, 1.807) is 60.9 Å². The van der Waals surface area contributed by atoms with E-state index in [1.807, 2.05) is 13.8 Å². The molecule has 14 atom stereocenters. The van der Waals surface area contributed by atoms with Gasteiger partial charge in [-0.15, -0.1) is 11.8 Å². The van der Waals surface area contributed by atoms with Crippen LogP contribution in [0.25, 0.3) is 21.8 Å². The number of guanidine groups is 1. The summed E-state index contributed by atoms with van der Waals surface area (Å²) in [5.41, 5.74) is 25.4. The molecule has 17 amide bonds. The van der Waals surface area contributed by atoms with Crippen LogP contribution >= 0.6 is 11.8 Å². The number of nitrogens with two attached hydrogens (primary N) is 4. The zero-order valence-electron chi connectivity index (χ0n) is 74.7. The number of aliphatic hydroxyl groups excluding tert-OH is 1. The van der Waals surface area contributed by atoms with E-state index in [2.05, 4.69) is 68.5 Å². The maximum atomic E-state index is 15.7. The first kappa shape index (κ1) is 104. The summed E-state index contributed by atoms with van der Waals surface area (Å²) >= 11 is 0.749. The molecular formula is C87H123N23O21S. The Hall–Kier alpha value is -13.5. The summed E-state index contributed by atoms with van der Waals surface area (Å²) < 4.78 is 0. The molecule has 0 aliphatic carbocycles. The van der Waals surface area contributed by atoms with Crippen LogP contribution in [0.2, 0.25) is 0 Å². The summed E-state index contributed by atoms with van der Waals surface area (Å²) in [6, 6.07) is -2.73. The van der Waals surface area contributed by atoms with Gasteiger partial charge in [-0.05, 0) is 106 Å². The topological polar surface area (TPSA) is 676 Å². The molecule has 45 heteroatoms. The minimum absolute atomic E-state index is 0.0178. The van der Waals surface area contributed by atoms with Gasteiger partial charge in [-0.1, -0.05) is 88.1 Å². The molecule has 3 fully saturated rings. The Labute approximate surface area is 765 Å². The van der Waals surface area contributed by atoms with E-state index in [0.717, 1.165) is 36.3 Å². The molecule has 5 heterocycles. The number of H-pyrrole nitrogens is 2. The number of carboxylic acid groups (broad SMARTS) is 1. The van der Waals surface area contributed by atoms with Crippen molar-refractivity contribution < 1.29 is 102 Å². The number of aliphatic hydroxyl groups is 1. The zero-order valence-corrected chi connectivity index (χ0v) is 75.5. The molecule has 5 aromatic rings. The summed E-state index contributed by atoms with van der Waals surface area (Å²) in [5, 5.41) is 68.8. The summed E-state index contributed by atoms with van der Waals surface area (Å²) in [5.74, 6) is -19.6. The van der Waals surface area contributed by atoms with Crippen molar-refractivity contribution >= 4 is 146 Å². The molecule has 3 aliphatic heterocycles. The summed E-state index contributed by atoms with van der Waals surface area (Å²) in [6.45, 7) is 2.08. The lowest BCUT2D eigenvalue weighted by atomic mass is 10.00. The Morgan fingerprint density at radius 3 is 1.56 bits per heavy atom. The number of phenolic OH excluding ortho intramolecular Hbond substituents is 1. The maximum absolute atomic E-state index is 15.7. The largest absolute Gasteiger partial charge is 0.508 e. The van der Waals surface area contributed by atoms with E-state index < -0.39 is 247 Å². The van der Waals surface area contributed by atoms with E-state index in [9.17, 15) is 72.9 Å². The number of carbonyl (C=O) groups excluding carboxylic acids is 17. The van der Waals surface area contributed by atoms with Gasteiger partial charge in [0, 0.05) is 113 Å². The van der Waals surface area contributed by atoms with Crippen LogP contribution in [0.4, 0.5) is 0 Å². The zero-order chi connectivity index (χ0) is 96.7. The number of aromatic nitrogens is 2. The number of para-hydroxylation sites is 2. The first-order valence-corrected chi connectivity index (χ1v) is 45.1. The van der Waals surface area contributed by atoms with Gasteiger partial charge >= 0.3 is 5.97 Å². The Kier molecular flexibility index (Phi) is 39.4. The van der Waals surface area contributed by atoms with E-state index >= 15 is 28.8 Å². The molecule has 0 spiro atoms. The predicted molar refractivity (Wildman–Crippen MR) is 483 cm³/mol. The normalized spacial score (nSPS) is 24.4. The Morgan fingerprint density at radius 2 is 1.00 bits per heavy atom. The van der Waals surface area contributed by atoms with E-state index in [1.165, 1.54) is 52.3 Å². The molecule has 132 heavy (non-hydrogen) atoms. The van der Waals surface area contributed by atoms with Crippen LogP contribution in [0, 0.1) is 5.41 Å². The van der Waals surface area contributed by atoms with Crippen molar-refractivity contribution in [3.8, 4) is 5.75 Å². The number of phenols is 1. The van der Waals surface area contributed by atoms with Gasteiger partial charge in [0.2, 0.25) is 100 Å². The number of aromatic amines is 2. The number of likely N-dealkylation sites (N-methyl/N-ethyl adjacent to an activating group) is 3. The molecule has 2 aromatic heterocycles. The van der Waals surface area contributed by atoms with Crippen molar-refractivity contribution in [3.63, 3.8) is 0 Å². The van der Waals surface area contributed by atoms with Crippen LogP contribution in [0.3, 0.4) is 0 Å². The van der Waals surface area contributed by atoms with Gasteiger partial charge < -0.3 is 131 Å².